The van der Waals surface area contributed by atoms with E-state index >= 15 is 0 Å². The van der Waals surface area contributed by atoms with Gasteiger partial charge in [0.1, 0.15) is 12.4 Å². The van der Waals surface area contributed by atoms with E-state index in [9.17, 15) is 31.1 Å². The van der Waals surface area contributed by atoms with Gasteiger partial charge in [0.15, 0.2) is 0 Å². The van der Waals surface area contributed by atoms with E-state index in [2.05, 4.69) is 0 Å². The van der Waals surface area contributed by atoms with Gasteiger partial charge in [-0.15, -0.1) is 0 Å². The lowest BCUT2D eigenvalue weighted by Crippen LogP contribution is -2.17. The molecule has 0 aliphatic carbocycles. The molecule has 0 saturated heterocycles. The van der Waals surface area contributed by atoms with Crippen molar-refractivity contribution in [3.05, 3.63) is 64.8 Å². The standard InChI is InChI=1S/C23H19F6NO3/c24-22(25,26)16-6-13(7-17(11-16)23(27,28)29)12-33-18-3-4-19-15(8-18)9-20-14(10-21(31)32)2-1-5-30(19)20/h3-4,6-9,11,14H,1-2,5,10,12H2,(H,31,32)/t14-/m0/s1. The number of aliphatic carboxylic acids is 1. The van der Waals surface area contributed by atoms with Crippen LogP contribution in [-0.4, -0.2) is 15.6 Å². The molecule has 4 rings (SSSR count). The van der Waals surface area contributed by atoms with Gasteiger partial charge < -0.3 is 14.4 Å². The normalized spacial score (nSPS) is 16.6. The Kier molecular flexibility index (Phi) is 5.79. The minimum atomic E-state index is -4.92. The summed E-state index contributed by atoms with van der Waals surface area (Å²) in [5, 5.41) is 9.92. The van der Waals surface area contributed by atoms with Gasteiger partial charge in [-0.3, -0.25) is 4.79 Å². The molecule has 0 radical (unpaired) electrons. The number of carbonyl (C=O) groups is 1. The summed E-state index contributed by atoms with van der Waals surface area (Å²) in [7, 11) is 0. The van der Waals surface area contributed by atoms with Gasteiger partial charge in [-0.1, -0.05) is 0 Å². The summed E-state index contributed by atoms with van der Waals surface area (Å²) >= 11 is 0. The van der Waals surface area contributed by atoms with Crippen LogP contribution in [0.1, 0.15) is 47.6 Å². The molecule has 1 aliphatic heterocycles. The number of nitrogens with zero attached hydrogens (tertiary/aromatic N) is 1. The van der Waals surface area contributed by atoms with E-state index in [1.54, 1.807) is 18.2 Å². The van der Waals surface area contributed by atoms with Gasteiger partial charge in [0.25, 0.3) is 0 Å². The second kappa shape index (κ2) is 8.31. The molecule has 0 spiro atoms. The number of carboxylic acid groups (broad SMARTS) is 1. The summed E-state index contributed by atoms with van der Waals surface area (Å²) in [5.74, 6) is -0.729. The van der Waals surface area contributed by atoms with Gasteiger partial charge in [0.2, 0.25) is 0 Å². The fourth-order valence-electron chi connectivity index (χ4n) is 4.28. The van der Waals surface area contributed by atoms with Crippen LogP contribution < -0.4 is 4.74 Å². The first-order chi connectivity index (χ1) is 15.4. The average molecular weight is 471 g/mol. The second-order valence-electron chi connectivity index (χ2n) is 8.08. The molecule has 0 bridgehead atoms. The molecule has 0 amide bonds. The summed E-state index contributed by atoms with van der Waals surface area (Å²) < 4.78 is 85.9. The molecule has 3 aromatic rings. The number of carboxylic acids is 1. The van der Waals surface area contributed by atoms with Crippen LogP contribution in [0.2, 0.25) is 0 Å². The quantitative estimate of drug-likeness (QED) is 0.426. The van der Waals surface area contributed by atoms with Crippen molar-refractivity contribution in [3.63, 3.8) is 0 Å². The van der Waals surface area contributed by atoms with E-state index in [1.807, 2.05) is 10.6 Å². The van der Waals surface area contributed by atoms with Gasteiger partial charge in [-0.2, -0.15) is 26.3 Å². The number of alkyl halides is 6. The number of halogens is 6. The topological polar surface area (TPSA) is 51.5 Å². The minimum absolute atomic E-state index is 0.0107. The molecule has 2 aromatic carbocycles. The van der Waals surface area contributed by atoms with Crippen molar-refractivity contribution in [1.82, 2.24) is 4.57 Å². The predicted molar refractivity (Wildman–Crippen MR) is 107 cm³/mol. The highest BCUT2D eigenvalue weighted by atomic mass is 19.4. The lowest BCUT2D eigenvalue weighted by atomic mass is 9.93. The molecule has 4 nitrogen and oxygen atoms in total. The molecule has 0 unspecified atom stereocenters. The van der Waals surface area contributed by atoms with Gasteiger partial charge in [-0.05, 0) is 60.9 Å². The molecule has 1 aliphatic rings. The van der Waals surface area contributed by atoms with Crippen LogP contribution in [0.25, 0.3) is 10.9 Å². The number of aryl methyl sites for hydroxylation is 1. The van der Waals surface area contributed by atoms with E-state index in [1.165, 1.54) is 0 Å². The molecule has 10 heteroatoms. The highest BCUT2D eigenvalue weighted by molar-refractivity contribution is 5.83. The van der Waals surface area contributed by atoms with Crippen molar-refractivity contribution >= 4 is 16.9 Å². The monoisotopic (exact) mass is 471 g/mol. The molecule has 1 N–H and O–H groups in total. The summed E-state index contributed by atoms with van der Waals surface area (Å²) in [4.78, 5) is 11.2. The highest BCUT2D eigenvalue weighted by Gasteiger charge is 2.37. The Bertz CT molecular complexity index is 1160. The summed E-state index contributed by atoms with van der Waals surface area (Å²) in [6.45, 7) is 0.257. The van der Waals surface area contributed by atoms with Crippen molar-refractivity contribution in [3.8, 4) is 5.75 Å². The summed E-state index contributed by atoms with van der Waals surface area (Å²) in [6, 6.07) is 8.22. The van der Waals surface area contributed by atoms with E-state index in [0.717, 1.165) is 36.0 Å². The van der Waals surface area contributed by atoms with Crippen LogP contribution in [0.15, 0.2) is 42.5 Å². The molecule has 0 fully saturated rings. The zero-order valence-corrected chi connectivity index (χ0v) is 17.1. The smallest absolute Gasteiger partial charge is 0.416 e. The highest BCUT2D eigenvalue weighted by Crippen LogP contribution is 2.38. The number of ether oxygens (including phenoxy) is 1. The van der Waals surface area contributed by atoms with Crippen molar-refractivity contribution < 1.29 is 41.0 Å². The Morgan fingerprint density at radius 1 is 1.00 bits per heavy atom. The molecule has 0 saturated carbocycles. The third kappa shape index (κ3) is 4.94. The third-order valence-electron chi connectivity index (χ3n) is 5.73. The Balaban J connectivity index is 1.60. The molecule has 1 atom stereocenters. The van der Waals surface area contributed by atoms with E-state index in [4.69, 9.17) is 9.84 Å². The summed E-state index contributed by atoms with van der Waals surface area (Å²) in [5.41, 5.74) is -1.28. The van der Waals surface area contributed by atoms with Crippen LogP contribution in [-0.2, 0) is 30.3 Å². The zero-order valence-electron chi connectivity index (χ0n) is 17.1. The first-order valence-electron chi connectivity index (χ1n) is 10.2. The Morgan fingerprint density at radius 3 is 2.27 bits per heavy atom. The number of benzene rings is 2. The van der Waals surface area contributed by atoms with Crippen molar-refractivity contribution in [2.45, 2.75) is 50.7 Å². The van der Waals surface area contributed by atoms with Crippen LogP contribution in [0.5, 0.6) is 5.75 Å². The zero-order chi connectivity index (χ0) is 24.0. The van der Waals surface area contributed by atoms with Crippen LogP contribution >= 0.6 is 0 Å². The van der Waals surface area contributed by atoms with E-state index in [-0.39, 0.29) is 29.7 Å². The van der Waals surface area contributed by atoms with Crippen LogP contribution in [0.3, 0.4) is 0 Å². The van der Waals surface area contributed by atoms with Gasteiger partial charge in [0.05, 0.1) is 17.5 Å². The minimum Gasteiger partial charge on any atom is -0.489 e. The lowest BCUT2D eigenvalue weighted by molar-refractivity contribution is -0.143. The number of rotatable bonds is 5. The van der Waals surface area contributed by atoms with E-state index < -0.39 is 36.1 Å². The molecule has 33 heavy (non-hydrogen) atoms. The fourth-order valence-corrected chi connectivity index (χ4v) is 4.28. The maximum Gasteiger partial charge on any atom is 0.416 e. The fraction of sp³-hybridized carbons (Fsp3) is 0.348. The Hall–Kier alpha value is -3.17. The van der Waals surface area contributed by atoms with Gasteiger partial charge >= 0.3 is 18.3 Å². The van der Waals surface area contributed by atoms with Crippen molar-refractivity contribution in [1.29, 1.82) is 0 Å². The van der Waals surface area contributed by atoms with Crippen molar-refractivity contribution in [2.75, 3.05) is 0 Å². The summed E-state index contributed by atoms with van der Waals surface area (Å²) in [6.07, 6.45) is -8.25. The second-order valence-corrected chi connectivity index (χ2v) is 8.08. The average Bonchev–Trinajstić information content (AvgIpc) is 3.09. The molecular formula is C23H19F6NO3. The van der Waals surface area contributed by atoms with Gasteiger partial charge in [0, 0.05) is 29.1 Å². The van der Waals surface area contributed by atoms with Crippen LogP contribution in [0.4, 0.5) is 26.3 Å². The third-order valence-corrected chi connectivity index (χ3v) is 5.73. The first kappa shape index (κ1) is 23.0. The van der Waals surface area contributed by atoms with E-state index in [0.29, 0.717) is 12.1 Å². The largest absolute Gasteiger partial charge is 0.489 e. The molecule has 176 valence electrons. The maximum absolute atomic E-state index is 13.0. The van der Waals surface area contributed by atoms with Crippen LogP contribution in [0, 0.1) is 0 Å². The van der Waals surface area contributed by atoms with Crippen molar-refractivity contribution in [2.24, 2.45) is 0 Å². The number of fused-ring (bicyclic) bond motifs is 3. The molecule has 2 heterocycles. The first-order valence-corrected chi connectivity index (χ1v) is 10.2. The number of hydrogen-bond acceptors (Lipinski definition) is 2. The maximum atomic E-state index is 13.0. The molecular weight excluding hydrogens is 452 g/mol. The van der Waals surface area contributed by atoms with Gasteiger partial charge in [-0.25, -0.2) is 0 Å². The molecule has 1 aromatic heterocycles. The number of aromatic nitrogens is 1. The Labute approximate surface area is 184 Å². The SMILES string of the molecule is O=C(O)C[C@@H]1CCCn2c1cc1cc(OCc3cc(C(F)(F)F)cc(C(F)(F)F)c3)ccc12. The number of hydrogen-bond donors (Lipinski definition) is 1. The Morgan fingerprint density at radius 2 is 1.67 bits per heavy atom. The lowest BCUT2D eigenvalue weighted by Gasteiger charge is -2.24. The predicted octanol–water partition coefficient (Wildman–Crippen LogP) is 6.61.